The van der Waals surface area contributed by atoms with Gasteiger partial charge < -0.3 is 4.57 Å². The molecule has 0 saturated heterocycles. The Morgan fingerprint density at radius 3 is 2.73 bits per heavy atom. The normalized spacial score (nSPS) is 10.7. The lowest BCUT2D eigenvalue weighted by Gasteiger charge is -1.96. The first-order chi connectivity index (χ1) is 5.29. The van der Waals surface area contributed by atoms with Crippen molar-refractivity contribution in [2.75, 3.05) is 0 Å². The van der Waals surface area contributed by atoms with Crippen LogP contribution in [0.15, 0.2) is 30.3 Å². The van der Waals surface area contributed by atoms with Gasteiger partial charge in [-0.25, -0.2) is 0 Å². The highest BCUT2D eigenvalue weighted by Crippen LogP contribution is 2.16. The van der Waals surface area contributed by atoms with Crippen LogP contribution in [0.3, 0.4) is 0 Å². The number of aromatic nitrogens is 1. The van der Waals surface area contributed by atoms with Gasteiger partial charge in [-0.15, -0.1) is 0 Å². The average Bonchev–Trinajstić information content (AvgIpc) is 2.30. The summed E-state index contributed by atoms with van der Waals surface area (Å²) in [5.41, 5.74) is 2.00. The van der Waals surface area contributed by atoms with Gasteiger partial charge >= 0.3 is 0 Å². The molecule has 1 aromatic heterocycles. The Morgan fingerprint density at radius 2 is 2.00 bits per heavy atom. The Bertz CT molecular complexity index is 385. The molecule has 0 spiro atoms. The smallest absolute Gasteiger partial charge is 0.0479 e. The molecule has 0 bridgehead atoms. The second kappa shape index (κ2) is 2.12. The van der Waals surface area contributed by atoms with Gasteiger partial charge in [-0.1, -0.05) is 18.2 Å². The third-order valence-electron chi connectivity index (χ3n) is 1.99. The van der Waals surface area contributed by atoms with Gasteiger partial charge in [0.2, 0.25) is 0 Å². The Kier molecular flexibility index (Phi) is 1.25. The summed E-state index contributed by atoms with van der Waals surface area (Å²) in [6.45, 7) is 5.72. The van der Waals surface area contributed by atoms with Crippen molar-refractivity contribution >= 4 is 10.9 Å². The largest absolute Gasteiger partial charge is 0.347 e. The van der Waals surface area contributed by atoms with Crippen molar-refractivity contribution < 1.29 is 0 Å². The maximum atomic E-state index is 5.72. The lowest BCUT2D eigenvalue weighted by molar-refractivity contribution is 0.943. The number of nitrogens with zero attached hydrogens (tertiary/aromatic N) is 1. The van der Waals surface area contributed by atoms with E-state index in [1.165, 1.54) is 10.9 Å². The van der Waals surface area contributed by atoms with E-state index >= 15 is 0 Å². The predicted octanol–water partition coefficient (Wildman–Crippen LogP) is 2.24. The molecule has 0 saturated carbocycles. The van der Waals surface area contributed by atoms with Gasteiger partial charge in [0, 0.05) is 25.2 Å². The summed E-state index contributed by atoms with van der Waals surface area (Å²) >= 11 is 0. The standard InChI is InChI=1S/C10H9N/c1-8-7-9-5-3-4-6-10(9)11(8)2/h1,3-7H,2H3. The van der Waals surface area contributed by atoms with E-state index in [-0.39, 0.29) is 0 Å². The van der Waals surface area contributed by atoms with Crippen molar-refractivity contribution in [3.8, 4) is 0 Å². The summed E-state index contributed by atoms with van der Waals surface area (Å²) in [6.07, 6.45) is 0. The van der Waals surface area contributed by atoms with Crippen molar-refractivity contribution in [2.24, 2.45) is 7.05 Å². The zero-order valence-electron chi connectivity index (χ0n) is 6.41. The molecule has 0 aliphatic heterocycles. The molecule has 0 amide bonds. The van der Waals surface area contributed by atoms with E-state index in [0.717, 1.165) is 5.69 Å². The number of hydrogen-bond acceptors (Lipinski definition) is 0. The fourth-order valence-corrected chi connectivity index (χ4v) is 1.31. The van der Waals surface area contributed by atoms with E-state index < -0.39 is 0 Å². The topological polar surface area (TPSA) is 4.93 Å². The third kappa shape index (κ3) is 0.845. The maximum Gasteiger partial charge on any atom is 0.0479 e. The zero-order valence-corrected chi connectivity index (χ0v) is 6.41. The summed E-state index contributed by atoms with van der Waals surface area (Å²) in [5.74, 6) is 0. The van der Waals surface area contributed by atoms with Crippen LogP contribution in [0.25, 0.3) is 10.9 Å². The molecule has 1 nitrogen and oxygen atoms in total. The van der Waals surface area contributed by atoms with E-state index in [9.17, 15) is 0 Å². The number of para-hydroxylation sites is 1. The first kappa shape index (κ1) is 6.47. The van der Waals surface area contributed by atoms with Crippen molar-refractivity contribution in [3.63, 3.8) is 0 Å². The molecule has 0 aliphatic carbocycles. The molecule has 1 heteroatoms. The van der Waals surface area contributed by atoms with Crippen LogP contribution in [0.1, 0.15) is 5.69 Å². The van der Waals surface area contributed by atoms with Gasteiger partial charge in [-0.3, -0.25) is 0 Å². The van der Waals surface area contributed by atoms with E-state index in [2.05, 4.69) is 12.1 Å². The van der Waals surface area contributed by atoms with Crippen LogP contribution in [0, 0.1) is 6.92 Å². The highest BCUT2D eigenvalue weighted by molar-refractivity contribution is 5.81. The Labute approximate surface area is 66.3 Å². The summed E-state index contributed by atoms with van der Waals surface area (Å²) in [4.78, 5) is 0. The minimum atomic E-state index is 0.811. The third-order valence-corrected chi connectivity index (χ3v) is 1.99. The molecule has 0 fully saturated rings. The van der Waals surface area contributed by atoms with E-state index in [1.807, 2.05) is 29.8 Å². The molecule has 1 aromatic carbocycles. The highest BCUT2D eigenvalue weighted by Gasteiger charge is 1.98. The van der Waals surface area contributed by atoms with Crippen LogP contribution in [0.4, 0.5) is 0 Å². The number of benzene rings is 1. The van der Waals surface area contributed by atoms with Crippen LogP contribution in [-0.4, -0.2) is 4.57 Å². The number of aryl methyl sites for hydroxylation is 1. The molecule has 11 heavy (non-hydrogen) atoms. The number of rotatable bonds is 0. The van der Waals surface area contributed by atoms with Crippen LogP contribution in [0.2, 0.25) is 0 Å². The minimum absolute atomic E-state index is 0.811. The van der Waals surface area contributed by atoms with E-state index in [1.54, 1.807) is 0 Å². The SMILES string of the molecule is [CH]c1cc2ccccc2n1C. The molecule has 0 aliphatic rings. The molecule has 1 heterocycles. The highest BCUT2D eigenvalue weighted by atomic mass is 14.9. The van der Waals surface area contributed by atoms with Crippen LogP contribution in [0.5, 0.6) is 0 Å². The van der Waals surface area contributed by atoms with Gasteiger partial charge in [0.05, 0.1) is 0 Å². The first-order valence-corrected chi connectivity index (χ1v) is 3.59. The molecule has 2 rings (SSSR count). The zero-order chi connectivity index (χ0) is 7.84. The van der Waals surface area contributed by atoms with Crippen LogP contribution >= 0.6 is 0 Å². The second-order valence-corrected chi connectivity index (χ2v) is 2.69. The maximum absolute atomic E-state index is 5.72. The van der Waals surface area contributed by atoms with Crippen molar-refractivity contribution in [1.82, 2.24) is 4.57 Å². The van der Waals surface area contributed by atoms with Gasteiger partial charge in [0.1, 0.15) is 0 Å². The monoisotopic (exact) mass is 143 g/mol. The van der Waals surface area contributed by atoms with Gasteiger partial charge in [-0.2, -0.15) is 0 Å². The quantitative estimate of drug-likeness (QED) is 0.533. The second-order valence-electron chi connectivity index (χ2n) is 2.69. The van der Waals surface area contributed by atoms with Crippen molar-refractivity contribution in [2.45, 2.75) is 0 Å². The summed E-state index contributed by atoms with van der Waals surface area (Å²) < 4.78 is 1.98. The van der Waals surface area contributed by atoms with Crippen molar-refractivity contribution in [1.29, 1.82) is 0 Å². The summed E-state index contributed by atoms with van der Waals surface area (Å²) in [5, 5.41) is 1.20. The molecule has 2 aromatic rings. The predicted molar refractivity (Wildman–Crippen MR) is 46.3 cm³/mol. The van der Waals surface area contributed by atoms with E-state index in [4.69, 9.17) is 6.92 Å². The summed E-state index contributed by atoms with van der Waals surface area (Å²) in [6, 6.07) is 10.1. The van der Waals surface area contributed by atoms with Crippen LogP contribution in [-0.2, 0) is 7.05 Å². The first-order valence-electron chi connectivity index (χ1n) is 3.59. The Hall–Kier alpha value is -1.24. The Balaban J connectivity index is 2.92. The fraction of sp³-hybridized carbons (Fsp3) is 0.100. The number of hydrogen-bond donors (Lipinski definition) is 0. The van der Waals surface area contributed by atoms with E-state index in [0.29, 0.717) is 0 Å². The minimum Gasteiger partial charge on any atom is -0.347 e. The molecule has 0 unspecified atom stereocenters. The molecular weight excluding hydrogens is 134 g/mol. The molecular formula is C10H9N. The van der Waals surface area contributed by atoms with Crippen LogP contribution < -0.4 is 0 Å². The van der Waals surface area contributed by atoms with Gasteiger partial charge in [0.25, 0.3) is 0 Å². The van der Waals surface area contributed by atoms with Gasteiger partial charge in [0.15, 0.2) is 0 Å². The summed E-state index contributed by atoms with van der Waals surface area (Å²) in [7, 11) is 1.97. The molecule has 0 N–H and O–H groups in total. The van der Waals surface area contributed by atoms with Gasteiger partial charge in [-0.05, 0) is 17.5 Å². The number of fused-ring (bicyclic) bond motifs is 1. The fourth-order valence-electron chi connectivity index (χ4n) is 1.31. The molecule has 2 radical (unpaired) electrons. The Morgan fingerprint density at radius 1 is 1.27 bits per heavy atom. The van der Waals surface area contributed by atoms with Crippen molar-refractivity contribution in [3.05, 3.63) is 42.9 Å². The lowest BCUT2D eigenvalue weighted by Crippen LogP contribution is -1.88. The molecule has 54 valence electrons. The average molecular weight is 143 g/mol. The molecule has 0 atom stereocenters. The lowest BCUT2D eigenvalue weighted by atomic mass is 10.2.